The number of benzene rings is 1. The molecule has 0 amide bonds. The quantitative estimate of drug-likeness (QED) is 0.639. The molecular weight excluding hydrogens is 352 g/mol. The van der Waals surface area contributed by atoms with Crippen molar-refractivity contribution in [1.82, 2.24) is 9.38 Å². The highest BCUT2D eigenvalue weighted by atomic mass is 35.5. The number of aryl methyl sites for hydroxylation is 1. The number of hydrogen-bond acceptors (Lipinski definition) is 4. The average molecular weight is 371 g/mol. The van der Waals surface area contributed by atoms with Crippen molar-refractivity contribution >= 4 is 23.2 Å². The molecule has 0 aliphatic carbocycles. The molecule has 1 aromatic carbocycles. The van der Waals surface area contributed by atoms with Crippen LogP contribution < -0.4 is 5.56 Å². The highest BCUT2D eigenvalue weighted by Gasteiger charge is 2.21. The first-order valence-corrected chi connectivity index (χ1v) is 8.76. The maximum absolute atomic E-state index is 12.5. The van der Waals surface area contributed by atoms with E-state index in [1.807, 2.05) is 26.0 Å². The van der Waals surface area contributed by atoms with Crippen LogP contribution in [0.1, 0.15) is 36.1 Å². The maximum atomic E-state index is 12.5. The van der Waals surface area contributed by atoms with Crippen LogP contribution in [0.3, 0.4) is 0 Å². The predicted molar refractivity (Wildman–Crippen MR) is 100 cm³/mol. The van der Waals surface area contributed by atoms with E-state index in [1.165, 1.54) is 10.5 Å². The van der Waals surface area contributed by atoms with Crippen molar-refractivity contribution in [2.45, 2.75) is 32.8 Å². The maximum Gasteiger partial charge on any atom is 0.313 e. The molecule has 0 fully saturated rings. The second-order valence-corrected chi connectivity index (χ2v) is 6.58. The summed E-state index contributed by atoms with van der Waals surface area (Å²) < 4.78 is 6.88. The van der Waals surface area contributed by atoms with Gasteiger partial charge in [-0.1, -0.05) is 36.7 Å². The Hall–Kier alpha value is -2.66. The minimum absolute atomic E-state index is 0.0461. The second kappa shape index (κ2) is 7.70. The van der Waals surface area contributed by atoms with Crippen LogP contribution in [0.4, 0.5) is 0 Å². The molecule has 0 N–H and O–H groups in total. The van der Waals surface area contributed by atoms with Crippen LogP contribution in [0.15, 0.2) is 53.5 Å². The van der Waals surface area contributed by atoms with Crippen molar-refractivity contribution in [2.75, 3.05) is 0 Å². The van der Waals surface area contributed by atoms with Gasteiger partial charge in [-0.3, -0.25) is 14.0 Å². The molecule has 0 bridgehead atoms. The van der Waals surface area contributed by atoms with Gasteiger partial charge in [0.1, 0.15) is 12.3 Å². The molecule has 3 rings (SSSR count). The van der Waals surface area contributed by atoms with Gasteiger partial charge >= 0.3 is 5.97 Å². The van der Waals surface area contributed by atoms with Crippen LogP contribution >= 0.6 is 11.6 Å². The fourth-order valence-corrected chi connectivity index (χ4v) is 3.04. The van der Waals surface area contributed by atoms with Crippen molar-refractivity contribution in [2.24, 2.45) is 0 Å². The van der Waals surface area contributed by atoms with Gasteiger partial charge in [0.2, 0.25) is 0 Å². The minimum Gasteiger partial charge on any atom is -0.459 e. The minimum atomic E-state index is -0.405. The molecule has 5 nitrogen and oxygen atoms in total. The summed E-state index contributed by atoms with van der Waals surface area (Å²) in [6.45, 7) is 3.77. The molecule has 1 atom stereocenters. The Bertz CT molecular complexity index is 1010. The van der Waals surface area contributed by atoms with Crippen LogP contribution in [0, 0.1) is 6.92 Å². The first-order chi connectivity index (χ1) is 12.5. The first-order valence-electron chi connectivity index (χ1n) is 8.39. The summed E-state index contributed by atoms with van der Waals surface area (Å²) in [6.07, 6.45) is 2.32. The Kier molecular flexibility index (Phi) is 5.38. The molecule has 1 unspecified atom stereocenters. The monoisotopic (exact) mass is 370 g/mol. The summed E-state index contributed by atoms with van der Waals surface area (Å²) >= 11 is 6.01. The topological polar surface area (TPSA) is 60.7 Å². The molecule has 0 saturated heterocycles. The third-order valence-corrected chi connectivity index (χ3v) is 4.40. The molecule has 0 aliphatic rings. The van der Waals surface area contributed by atoms with E-state index in [-0.39, 0.29) is 18.1 Å². The second-order valence-electron chi connectivity index (χ2n) is 6.14. The number of carbonyl (C=O) groups excluding carboxylic acids is 1. The Balaban J connectivity index is 1.77. The number of carbonyl (C=O) groups is 1. The normalized spacial score (nSPS) is 12.1. The highest BCUT2D eigenvalue weighted by Crippen LogP contribution is 2.24. The van der Waals surface area contributed by atoms with Gasteiger partial charge in [-0.05, 0) is 42.7 Å². The van der Waals surface area contributed by atoms with Gasteiger partial charge < -0.3 is 4.74 Å². The van der Waals surface area contributed by atoms with E-state index in [0.29, 0.717) is 22.8 Å². The fourth-order valence-electron chi connectivity index (χ4n) is 2.84. The lowest BCUT2D eigenvalue weighted by Crippen LogP contribution is -2.19. The highest BCUT2D eigenvalue weighted by molar-refractivity contribution is 6.30. The van der Waals surface area contributed by atoms with Crippen LogP contribution in [0.5, 0.6) is 0 Å². The smallest absolute Gasteiger partial charge is 0.313 e. The number of hydrogen-bond donors (Lipinski definition) is 0. The molecule has 134 valence electrons. The number of nitrogens with zero attached hydrogens (tertiary/aromatic N) is 2. The lowest BCUT2D eigenvalue weighted by Gasteiger charge is -2.15. The van der Waals surface area contributed by atoms with Gasteiger partial charge in [0.15, 0.2) is 0 Å². The molecule has 0 saturated carbocycles. The zero-order valence-electron chi connectivity index (χ0n) is 14.6. The number of esters is 1. The van der Waals surface area contributed by atoms with Gasteiger partial charge in [0.05, 0.1) is 11.6 Å². The van der Waals surface area contributed by atoms with E-state index in [0.717, 1.165) is 11.1 Å². The number of pyridine rings is 1. The third kappa shape index (κ3) is 3.94. The van der Waals surface area contributed by atoms with Crippen LogP contribution in [0.25, 0.3) is 5.65 Å². The lowest BCUT2D eigenvalue weighted by molar-refractivity contribution is -0.147. The first kappa shape index (κ1) is 18.1. The van der Waals surface area contributed by atoms with Crippen molar-refractivity contribution < 1.29 is 9.53 Å². The SMILES string of the molecule is CCC(C(=O)OCc1cc(=O)n2cc(C)ccc2n1)c1cccc(Cl)c1. The predicted octanol–water partition coefficient (Wildman–Crippen LogP) is 3.89. The Labute approximate surface area is 156 Å². The van der Waals surface area contributed by atoms with Crippen LogP contribution in [-0.2, 0) is 16.1 Å². The van der Waals surface area contributed by atoms with Crippen molar-refractivity contribution in [1.29, 1.82) is 0 Å². The summed E-state index contributed by atoms with van der Waals surface area (Å²) in [4.78, 5) is 29.1. The molecule has 6 heteroatoms. The van der Waals surface area contributed by atoms with E-state index in [1.54, 1.807) is 30.5 Å². The summed E-state index contributed by atoms with van der Waals surface area (Å²) in [5.41, 5.74) is 2.52. The standard InChI is InChI=1S/C20H19ClN2O3/c1-3-17(14-5-4-6-15(21)9-14)20(25)26-12-16-10-19(24)23-11-13(2)7-8-18(23)22-16/h4-11,17H,3,12H2,1-2H3. The van der Waals surface area contributed by atoms with E-state index in [4.69, 9.17) is 16.3 Å². The van der Waals surface area contributed by atoms with E-state index in [9.17, 15) is 9.59 Å². The Morgan fingerprint density at radius 2 is 2.08 bits per heavy atom. The van der Waals surface area contributed by atoms with E-state index < -0.39 is 5.92 Å². The fraction of sp³-hybridized carbons (Fsp3) is 0.250. The molecule has 0 spiro atoms. The lowest BCUT2D eigenvalue weighted by atomic mass is 9.97. The number of fused-ring (bicyclic) bond motifs is 1. The molecule has 26 heavy (non-hydrogen) atoms. The number of aromatic nitrogens is 2. The molecule has 0 aliphatic heterocycles. The largest absolute Gasteiger partial charge is 0.459 e. The van der Waals surface area contributed by atoms with Gasteiger partial charge in [-0.2, -0.15) is 0 Å². The van der Waals surface area contributed by atoms with Gasteiger partial charge in [0.25, 0.3) is 5.56 Å². The van der Waals surface area contributed by atoms with Crippen LogP contribution in [-0.4, -0.2) is 15.4 Å². The number of halogens is 1. The van der Waals surface area contributed by atoms with Gasteiger partial charge in [-0.25, -0.2) is 4.98 Å². The zero-order valence-corrected chi connectivity index (χ0v) is 15.4. The molecule has 2 heterocycles. The molecular formula is C20H19ClN2O3. The average Bonchev–Trinajstić information content (AvgIpc) is 2.61. The number of ether oxygens (including phenoxy) is 1. The molecule has 0 radical (unpaired) electrons. The Morgan fingerprint density at radius 3 is 2.81 bits per heavy atom. The zero-order chi connectivity index (χ0) is 18.7. The molecule has 2 aromatic heterocycles. The Morgan fingerprint density at radius 1 is 1.27 bits per heavy atom. The third-order valence-electron chi connectivity index (χ3n) is 4.17. The molecule has 3 aromatic rings. The van der Waals surface area contributed by atoms with E-state index in [2.05, 4.69) is 4.98 Å². The summed E-state index contributed by atoms with van der Waals surface area (Å²) in [6, 6.07) is 12.2. The number of rotatable bonds is 5. The van der Waals surface area contributed by atoms with Crippen LogP contribution in [0.2, 0.25) is 5.02 Å². The summed E-state index contributed by atoms with van der Waals surface area (Å²) in [5, 5.41) is 0.577. The summed E-state index contributed by atoms with van der Waals surface area (Å²) in [7, 11) is 0. The van der Waals surface area contributed by atoms with Gasteiger partial charge in [0, 0.05) is 17.3 Å². The van der Waals surface area contributed by atoms with E-state index >= 15 is 0 Å². The van der Waals surface area contributed by atoms with Gasteiger partial charge in [-0.15, -0.1) is 0 Å². The van der Waals surface area contributed by atoms with Crippen molar-refractivity contribution in [3.63, 3.8) is 0 Å². The summed E-state index contributed by atoms with van der Waals surface area (Å²) in [5.74, 6) is -0.765. The van der Waals surface area contributed by atoms with Crippen molar-refractivity contribution in [3.05, 3.63) is 80.9 Å². The van der Waals surface area contributed by atoms with Crippen molar-refractivity contribution in [3.8, 4) is 0 Å².